The molecular weight excluding hydrogens is 512 g/mol. The van der Waals surface area contributed by atoms with Crippen LogP contribution < -0.4 is 15.2 Å². The number of hydrogen-bond donors (Lipinski definition) is 2. The Morgan fingerprint density at radius 1 is 0.854 bits per heavy atom. The lowest BCUT2D eigenvalue weighted by Crippen LogP contribution is -2.28. The van der Waals surface area contributed by atoms with E-state index in [1.165, 1.54) is 0 Å². The van der Waals surface area contributed by atoms with Gasteiger partial charge in [-0.15, -0.1) is 0 Å². The molecule has 0 radical (unpaired) electrons. The molecule has 3 heterocycles. The molecule has 7 rings (SSSR count). The molecule has 0 fully saturated rings. The molecule has 1 aliphatic heterocycles. The van der Waals surface area contributed by atoms with Gasteiger partial charge >= 0.3 is 0 Å². The van der Waals surface area contributed by atoms with Gasteiger partial charge in [0.05, 0.1) is 36.5 Å². The summed E-state index contributed by atoms with van der Waals surface area (Å²) in [5.41, 5.74) is 6.83. The zero-order valence-electron chi connectivity index (χ0n) is 22.7. The monoisotopic (exact) mass is 540 g/mol. The molecule has 7 heteroatoms. The van der Waals surface area contributed by atoms with E-state index in [1.54, 1.807) is 11.8 Å². The van der Waals surface area contributed by atoms with Crippen LogP contribution in [0.4, 0.5) is 5.69 Å². The molecule has 202 valence electrons. The van der Waals surface area contributed by atoms with Crippen LogP contribution in [0.15, 0.2) is 108 Å². The second-order valence-electron chi connectivity index (χ2n) is 10.3. The summed E-state index contributed by atoms with van der Waals surface area (Å²) in [5.74, 6) is 0.0397. The Labute approximate surface area is 236 Å². The van der Waals surface area contributed by atoms with Crippen LogP contribution in [0.5, 0.6) is 5.75 Å². The summed E-state index contributed by atoms with van der Waals surface area (Å²) >= 11 is 0. The minimum absolute atomic E-state index is 0.0309. The van der Waals surface area contributed by atoms with Crippen molar-refractivity contribution in [3.8, 4) is 22.7 Å². The highest BCUT2D eigenvalue weighted by atomic mass is 16.5. The Morgan fingerprint density at radius 3 is 2.32 bits per heavy atom. The van der Waals surface area contributed by atoms with E-state index < -0.39 is 5.92 Å². The second-order valence-corrected chi connectivity index (χ2v) is 10.3. The van der Waals surface area contributed by atoms with Crippen molar-refractivity contribution in [3.05, 3.63) is 136 Å². The fourth-order valence-electron chi connectivity index (χ4n) is 6.01. The predicted octanol–water partition coefficient (Wildman–Crippen LogP) is 6.31. The highest BCUT2D eigenvalue weighted by Gasteiger charge is 2.41. The normalized spacial score (nSPS) is 14.5. The lowest BCUT2D eigenvalue weighted by atomic mass is 9.88. The number of carbonyl (C=O) groups excluding carboxylic acids is 1. The molecule has 0 aliphatic carbocycles. The predicted molar refractivity (Wildman–Crippen MR) is 161 cm³/mol. The summed E-state index contributed by atoms with van der Waals surface area (Å²) in [7, 11) is 1.63. The Morgan fingerprint density at radius 2 is 1.56 bits per heavy atom. The third-order valence-corrected chi connectivity index (χ3v) is 7.91. The van der Waals surface area contributed by atoms with Gasteiger partial charge in [-0.25, -0.2) is 4.68 Å². The summed E-state index contributed by atoms with van der Waals surface area (Å²) < 4.78 is 7.13. The van der Waals surface area contributed by atoms with Crippen LogP contribution in [0.1, 0.15) is 28.3 Å². The Hall–Kier alpha value is -5.30. The second kappa shape index (κ2) is 9.71. The van der Waals surface area contributed by atoms with Crippen molar-refractivity contribution in [3.63, 3.8) is 0 Å². The molecule has 41 heavy (non-hydrogen) atoms. The summed E-state index contributed by atoms with van der Waals surface area (Å²) in [5, 5.41) is 4.10. The molecule has 6 aromatic rings. The molecule has 1 unspecified atom stereocenters. The van der Waals surface area contributed by atoms with E-state index >= 15 is 0 Å². The van der Waals surface area contributed by atoms with Crippen molar-refractivity contribution >= 4 is 22.5 Å². The molecule has 0 saturated carbocycles. The quantitative estimate of drug-likeness (QED) is 0.260. The molecule has 2 N–H and O–H groups in total. The van der Waals surface area contributed by atoms with Gasteiger partial charge in [-0.3, -0.25) is 14.7 Å². The maximum Gasteiger partial charge on any atom is 0.280 e. The fourth-order valence-corrected chi connectivity index (χ4v) is 6.01. The maximum absolute atomic E-state index is 14.4. The number of benzene rings is 4. The van der Waals surface area contributed by atoms with Crippen molar-refractivity contribution < 1.29 is 9.53 Å². The number of anilines is 1. The van der Waals surface area contributed by atoms with Crippen LogP contribution in [0.25, 0.3) is 27.8 Å². The number of H-pyrrole nitrogens is 2. The van der Waals surface area contributed by atoms with Gasteiger partial charge in [0.15, 0.2) is 0 Å². The first kappa shape index (κ1) is 24.7. The van der Waals surface area contributed by atoms with Gasteiger partial charge in [0.25, 0.3) is 5.56 Å². The van der Waals surface area contributed by atoms with Crippen molar-refractivity contribution in [1.29, 1.82) is 0 Å². The van der Waals surface area contributed by atoms with Crippen LogP contribution in [0, 0.1) is 6.92 Å². The Kier molecular flexibility index (Phi) is 5.86. The van der Waals surface area contributed by atoms with E-state index in [0.717, 1.165) is 39.0 Å². The largest absolute Gasteiger partial charge is 0.497 e. The van der Waals surface area contributed by atoms with Crippen molar-refractivity contribution in [1.82, 2.24) is 14.8 Å². The lowest BCUT2D eigenvalue weighted by molar-refractivity contribution is -0.118. The molecule has 7 nitrogen and oxygen atoms in total. The number of ether oxygens (including phenoxy) is 1. The summed E-state index contributed by atoms with van der Waals surface area (Å²) in [6.07, 6.45) is 0. The van der Waals surface area contributed by atoms with Crippen molar-refractivity contribution in [2.75, 3.05) is 12.0 Å². The zero-order valence-corrected chi connectivity index (χ0v) is 22.7. The number of hydrogen-bond acceptors (Lipinski definition) is 3. The third-order valence-electron chi connectivity index (χ3n) is 7.91. The van der Waals surface area contributed by atoms with Crippen LogP contribution in [0.2, 0.25) is 0 Å². The van der Waals surface area contributed by atoms with Gasteiger partial charge in [0.1, 0.15) is 5.75 Å². The van der Waals surface area contributed by atoms with Gasteiger partial charge in [-0.05, 0) is 54.4 Å². The first-order valence-electron chi connectivity index (χ1n) is 13.6. The van der Waals surface area contributed by atoms with Gasteiger partial charge < -0.3 is 14.6 Å². The van der Waals surface area contributed by atoms with Gasteiger partial charge in [-0.1, -0.05) is 66.7 Å². The van der Waals surface area contributed by atoms with Gasteiger partial charge in [-0.2, -0.15) is 0 Å². The van der Waals surface area contributed by atoms with E-state index in [4.69, 9.17) is 4.74 Å². The fraction of sp³-hybridized carbons (Fsp3) is 0.118. The molecule has 1 amide bonds. The number of rotatable bonds is 6. The van der Waals surface area contributed by atoms with Crippen molar-refractivity contribution in [2.45, 2.75) is 19.4 Å². The number of nitrogens with one attached hydrogen (secondary N) is 2. The van der Waals surface area contributed by atoms with Gasteiger partial charge in [0.2, 0.25) is 5.91 Å². The maximum atomic E-state index is 14.4. The van der Waals surface area contributed by atoms with E-state index in [-0.39, 0.29) is 11.5 Å². The molecule has 4 aromatic carbocycles. The standard InChI is InChI=1S/C34H28N4O3/c1-21-29(34(40)38(36-21)23-13-7-4-8-14-23)32-30(26-19-24(41-2)17-18-27(26)35-32)31-25-15-9-10-16-28(25)37(33(31)39)20-22-11-5-3-6-12-22/h3-19,31,35-36H,20H2,1-2H3. The SMILES string of the molecule is COc1ccc2[nH]c(-c3c(C)[nH]n(-c4ccccc4)c3=O)c(C3C(=O)N(Cc4ccccc4)c4ccccc43)c2c1. The van der Waals surface area contributed by atoms with Crippen LogP contribution in [0.3, 0.4) is 0 Å². The highest BCUT2D eigenvalue weighted by Crippen LogP contribution is 2.47. The average molecular weight is 541 g/mol. The Balaban J connectivity index is 1.47. The third kappa shape index (κ3) is 3.97. The number of fused-ring (bicyclic) bond motifs is 2. The minimum atomic E-state index is -0.607. The topological polar surface area (TPSA) is 83.1 Å². The molecular formula is C34H28N4O3. The average Bonchev–Trinajstić information content (AvgIpc) is 3.61. The Bertz CT molecular complexity index is 1970. The van der Waals surface area contributed by atoms with E-state index in [9.17, 15) is 9.59 Å². The zero-order chi connectivity index (χ0) is 28.1. The van der Waals surface area contributed by atoms with Crippen LogP contribution in [-0.2, 0) is 11.3 Å². The number of methoxy groups -OCH3 is 1. The van der Waals surface area contributed by atoms with Crippen molar-refractivity contribution in [2.24, 2.45) is 0 Å². The number of aryl methyl sites for hydroxylation is 1. The molecule has 0 spiro atoms. The molecule has 1 aliphatic rings. The molecule has 0 saturated heterocycles. The minimum Gasteiger partial charge on any atom is -0.497 e. The summed E-state index contributed by atoms with van der Waals surface area (Å²) in [6.45, 7) is 2.34. The van der Waals surface area contributed by atoms with Gasteiger partial charge in [0, 0.05) is 27.8 Å². The summed E-state index contributed by atoms with van der Waals surface area (Å²) in [4.78, 5) is 33.8. The molecule has 0 bridgehead atoms. The van der Waals surface area contributed by atoms with E-state index in [1.807, 2.05) is 115 Å². The lowest BCUT2D eigenvalue weighted by Gasteiger charge is -2.18. The number of para-hydroxylation sites is 2. The number of amides is 1. The number of aromatic nitrogens is 3. The number of aromatic amines is 2. The van der Waals surface area contributed by atoms with Crippen LogP contribution >= 0.6 is 0 Å². The summed E-state index contributed by atoms with van der Waals surface area (Å²) in [6, 6.07) is 33.2. The molecule has 2 aromatic heterocycles. The highest BCUT2D eigenvalue weighted by molar-refractivity contribution is 6.10. The van der Waals surface area contributed by atoms with Crippen LogP contribution in [-0.4, -0.2) is 27.8 Å². The van der Waals surface area contributed by atoms with E-state index in [0.29, 0.717) is 29.2 Å². The number of carbonyl (C=O) groups is 1. The molecule has 1 atom stereocenters. The number of nitrogens with zero attached hydrogens (tertiary/aromatic N) is 2. The van der Waals surface area contributed by atoms with E-state index in [2.05, 4.69) is 10.1 Å². The smallest absolute Gasteiger partial charge is 0.280 e. The first-order chi connectivity index (χ1) is 20.0. The first-order valence-corrected chi connectivity index (χ1v) is 13.6.